The molecule has 0 bridgehead atoms. The number of nitrogens with one attached hydrogen (secondary N) is 4. The highest BCUT2D eigenvalue weighted by atomic mass is 16.4. The first-order valence-electron chi connectivity index (χ1n) is 20.8. The van der Waals surface area contributed by atoms with E-state index in [0.717, 1.165) is 12.8 Å². The first kappa shape index (κ1) is 53.3. The number of unbranched alkanes of at least 4 members (excludes halogenated alkanes) is 5. The Morgan fingerprint density at radius 3 is 1.84 bits per heavy atom. The van der Waals surface area contributed by atoms with E-state index in [1.807, 2.05) is 4.90 Å². The monoisotopic (exact) mass is 884 g/mol. The summed E-state index contributed by atoms with van der Waals surface area (Å²) >= 11 is 0. The fraction of sp³-hybridized carbons (Fsp3) is 0.692. The molecule has 1 aliphatic rings. The maximum absolute atomic E-state index is 12.0. The minimum atomic E-state index is -1.71. The Morgan fingerprint density at radius 1 is 0.661 bits per heavy atom. The lowest BCUT2D eigenvalue weighted by Crippen LogP contribution is -2.55. The quantitative estimate of drug-likeness (QED) is 0.0307. The molecule has 23 heteroatoms. The van der Waals surface area contributed by atoms with Gasteiger partial charge < -0.3 is 50.5 Å². The molecule has 0 saturated heterocycles. The summed E-state index contributed by atoms with van der Waals surface area (Å²) in [5.74, 6) is -6.84. The number of aliphatic hydroxyl groups excluding tert-OH is 3. The number of aliphatic hydroxyl groups is 3. The van der Waals surface area contributed by atoms with Crippen LogP contribution in [-0.2, 0) is 41.9 Å². The van der Waals surface area contributed by atoms with Crippen molar-refractivity contribution in [3.05, 3.63) is 30.5 Å². The second-order valence-corrected chi connectivity index (χ2v) is 15.2. The molecular formula is C39H64N8O15. The van der Waals surface area contributed by atoms with E-state index >= 15 is 0 Å². The molecule has 0 aromatic carbocycles. The van der Waals surface area contributed by atoms with E-state index < -0.39 is 79.2 Å². The molecule has 62 heavy (non-hydrogen) atoms. The molecule has 1 aromatic heterocycles. The third kappa shape index (κ3) is 22.8. The van der Waals surface area contributed by atoms with Crippen LogP contribution in [-0.4, -0.2) is 159 Å². The number of rotatable bonds is 38. The Labute approximate surface area is 358 Å². The normalized spacial score (nSPS) is 16.6. The van der Waals surface area contributed by atoms with Gasteiger partial charge in [-0.05, 0) is 70.9 Å². The number of allylic oxidation sites excluding steroid dienone is 1. The zero-order chi connectivity index (χ0) is 46.0. The zero-order valence-corrected chi connectivity index (χ0v) is 34.8. The van der Waals surface area contributed by atoms with E-state index in [1.165, 1.54) is 10.8 Å². The van der Waals surface area contributed by atoms with Crippen LogP contribution in [0.2, 0.25) is 0 Å². The van der Waals surface area contributed by atoms with Gasteiger partial charge in [-0.2, -0.15) is 0 Å². The standard InChI is InChI=1S/C39H64N8O15/c48-31(42-16-7-5-9-27(37(58)59)44-39(62)45-28(38(60)61)13-14-33(50)51)11-3-1-2-4-12-32(49)43-26(36(56)57)10-6-8-19-46(22-29-25(15-17-40-29)21-34(52)53)23-30-41-18-20-47(30)24-35(54)55/h15,17-18,20,25-28,31-32,39,42-45,48-49,62H,1-14,16,19,21-24H2,(H,50,51)(H,52,53)(H,54,55)(H,56,57)(H,58,59)(H,60,61). The van der Waals surface area contributed by atoms with E-state index in [2.05, 4.69) is 31.2 Å². The van der Waals surface area contributed by atoms with Crippen LogP contribution in [0.5, 0.6) is 0 Å². The van der Waals surface area contributed by atoms with Crippen molar-refractivity contribution in [3.8, 4) is 0 Å². The number of aromatic nitrogens is 2. The molecule has 23 nitrogen and oxygen atoms in total. The number of aliphatic carboxylic acids is 6. The van der Waals surface area contributed by atoms with E-state index in [-0.39, 0.29) is 44.7 Å². The fourth-order valence-corrected chi connectivity index (χ4v) is 6.81. The summed E-state index contributed by atoms with van der Waals surface area (Å²) in [7, 11) is 0. The van der Waals surface area contributed by atoms with Gasteiger partial charge in [-0.3, -0.25) is 59.9 Å². The van der Waals surface area contributed by atoms with Crippen molar-refractivity contribution in [3.63, 3.8) is 0 Å². The number of nitrogens with zero attached hydrogens (tertiary/aromatic N) is 4. The molecule has 1 aromatic rings. The Bertz CT molecular complexity index is 1630. The van der Waals surface area contributed by atoms with Crippen molar-refractivity contribution in [2.45, 2.75) is 146 Å². The second kappa shape index (κ2) is 29.4. The summed E-state index contributed by atoms with van der Waals surface area (Å²) in [5.41, 5.74) is 0.653. The van der Waals surface area contributed by atoms with E-state index in [1.54, 1.807) is 18.5 Å². The molecule has 2 heterocycles. The maximum Gasteiger partial charge on any atom is 0.323 e. The first-order chi connectivity index (χ1) is 29.4. The molecule has 1 aliphatic heterocycles. The van der Waals surface area contributed by atoms with Gasteiger partial charge in [-0.15, -0.1) is 0 Å². The summed E-state index contributed by atoms with van der Waals surface area (Å²) in [6.07, 6.45) is 7.68. The van der Waals surface area contributed by atoms with Crippen LogP contribution in [0, 0.1) is 5.92 Å². The van der Waals surface area contributed by atoms with Gasteiger partial charge >= 0.3 is 35.8 Å². The predicted octanol–water partition coefficient (Wildman–Crippen LogP) is 0.00560. The van der Waals surface area contributed by atoms with Gasteiger partial charge in [0.2, 0.25) is 0 Å². The van der Waals surface area contributed by atoms with Crippen LogP contribution >= 0.6 is 0 Å². The average Bonchev–Trinajstić information content (AvgIpc) is 3.82. The zero-order valence-electron chi connectivity index (χ0n) is 34.8. The molecule has 0 saturated carbocycles. The summed E-state index contributed by atoms with van der Waals surface area (Å²) in [6, 6.07) is -3.62. The van der Waals surface area contributed by atoms with E-state index in [4.69, 9.17) is 5.11 Å². The minimum absolute atomic E-state index is 0.0897. The Morgan fingerprint density at radius 2 is 1.24 bits per heavy atom. The highest BCUT2D eigenvalue weighted by molar-refractivity contribution is 5.94. The second-order valence-electron chi connectivity index (χ2n) is 15.2. The number of aliphatic imine (C=N–C) groups is 1. The van der Waals surface area contributed by atoms with Crippen molar-refractivity contribution < 1.29 is 74.7 Å². The minimum Gasteiger partial charge on any atom is -0.481 e. The van der Waals surface area contributed by atoms with Crippen LogP contribution in [0.15, 0.2) is 29.7 Å². The number of hydrogen-bond acceptors (Lipinski definition) is 16. The summed E-state index contributed by atoms with van der Waals surface area (Å²) in [4.78, 5) is 79.0. The van der Waals surface area contributed by atoms with Gasteiger partial charge in [0.1, 0.15) is 43.0 Å². The van der Waals surface area contributed by atoms with Crippen molar-refractivity contribution in [1.29, 1.82) is 0 Å². The maximum atomic E-state index is 12.0. The van der Waals surface area contributed by atoms with E-state index in [9.17, 15) is 69.6 Å². The smallest absolute Gasteiger partial charge is 0.323 e. The van der Waals surface area contributed by atoms with Gasteiger partial charge in [0.25, 0.3) is 0 Å². The summed E-state index contributed by atoms with van der Waals surface area (Å²) in [6.45, 7) is 1.14. The Hall–Kier alpha value is -4.88. The average molecular weight is 885 g/mol. The van der Waals surface area contributed by atoms with Crippen molar-refractivity contribution >= 4 is 41.5 Å². The molecule has 7 atom stereocenters. The lowest BCUT2D eigenvalue weighted by molar-refractivity contribution is -0.143. The van der Waals surface area contributed by atoms with Gasteiger partial charge in [0, 0.05) is 43.2 Å². The number of carboxylic acids is 6. The fourth-order valence-electron chi connectivity index (χ4n) is 6.81. The topological polar surface area (TPSA) is 366 Å². The molecule has 0 amide bonds. The molecule has 13 N–H and O–H groups in total. The van der Waals surface area contributed by atoms with Gasteiger partial charge in [-0.25, -0.2) is 4.98 Å². The van der Waals surface area contributed by atoms with E-state index in [0.29, 0.717) is 82.5 Å². The molecule has 0 aliphatic carbocycles. The van der Waals surface area contributed by atoms with Crippen LogP contribution in [0.4, 0.5) is 0 Å². The van der Waals surface area contributed by atoms with Crippen LogP contribution in [0.25, 0.3) is 0 Å². The van der Waals surface area contributed by atoms with Gasteiger partial charge in [-0.1, -0.05) is 31.8 Å². The van der Waals surface area contributed by atoms with Crippen LogP contribution in [0.3, 0.4) is 0 Å². The van der Waals surface area contributed by atoms with Crippen molar-refractivity contribution in [2.24, 2.45) is 10.9 Å². The lowest BCUT2D eigenvalue weighted by Gasteiger charge is -2.25. The molecule has 350 valence electrons. The number of carbonyl (C=O) groups is 6. The molecule has 0 fully saturated rings. The largest absolute Gasteiger partial charge is 0.481 e. The SMILES string of the molecule is O=C(O)CCC(NC(O)NC(CCCCNC(O)CCCCCCC(O)NC(CCCCN(CC1=NC=CC1CC(=O)O)Cc1nccn1CC(=O)O)C(=O)O)C(=O)O)C(=O)O. The molecule has 7 unspecified atom stereocenters. The third-order valence-corrected chi connectivity index (χ3v) is 10.1. The van der Waals surface area contributed by atoms with Crippen molar-refractivity contribution in [2.75, 3.05) is 19.6 Å². The highest BCUT2D eigenvalue weighted by Crippen LogP contribution is 2.18. The van der Waals surface area contributed by atoms with Crippen LogP contribution in [0.1, 0.15) is 102 Å². The lowest BCUT2D eigenvalue weighted by atomic mass is 10.00. The molecule has 0 radical (unpaired) electrons. The van der Waals surface area contributed by atoms with Gasteiger partial charge in [0.15, 0.2) is 6.35 Å². The highest BCUT2D eigenvalue weighted by Gasteiger charge is 2.27. The molecular weight excluding hydrogens is 820 g/mol. The molecule has 0 spiro atoms. The van der Waals surface area contributed by atoms with Crippen molar-refractivity contribution in [1.82, 2.24) is 35.7 Å². The number of carboxylic acid groups (broad SMARTS) is 6. The van der Waals surface area contributed by atoms with Crippen LogP contribution < -0.4 is 21.3 Å². The number of imidazole rings is 1. The first-order valence-corrected chi connectivity index (χ1v) is 20.8. The van der Waals surface area contributed by atoms with Gasteiger partial charge in [0.05, 0.1) is 13.0 Å². The molecule has 2 rings (SSSR count). The summed E-state index contributed by atoms with van der Waals surface area (Å²) in [5, 5.41) is 97.1. The Balaban J connectivity index is 1.66. The number of hydrogen-bond donors (Lipinski definition) is 13. The Kier molecular flexibility index (Phi) is 25.3. The third-order valence-electron chi connectivity index (χ3n) is 10.1. The predicted molar refractivity (Wildman–Crippen MR) is 219 cm³/mol. The summed E-state index contributed by atoms with van der Waals surface area (Å²) < 4.78 is 1.51.